The third-order valence-corrected chi connectivity index (χ3v) is 5.12. The summed E-state index contributed by atoms with van der Waals surface area (Å²) in [7, 11) is 1.81. The molecular weight excluding hydrogens is 433 g/mol. The van der Waals surface area contributed by atoms with Gasteiger partial charge in [0.15, 0.2) is 0 Å². The van der Waals surface area contributed by atoms with Crippen molar-refractivity contribution < 1.29 is 22.2 Å². The molecule has 7 heteroatoms. The number of fused-ring (bicyclic) bond motifs is 1. The van der Waals surface area contributed by atoms with Gasteiger partial charge in [-0.1, -0.05) is 24.8 Å². The molecule has 3 nitrogen and oxygen atoms in total. The Balaban J connectivity index is 1.93. The fraction of sp³-hybridized carbons (Fsp3) is 0.238. The lowest BCUT2D eigenvalue weighted by Crippen LogP contribution is -2.34. The van der Waals surface area contributed by atoms with Gasteiger partial charge in [-0.05, 0) is 47.5 Å². The zero-order chi connectivity index (χ0) is 20.4. The maximum atomic E-state index is 13.3. The molecular formula is C21H19BrF3N2O+. The molecule has 1 aliphatic heterocycles. The molecule has 1 aliphatic carbocycles. The van der Waals surface area contributed by atoms with E-state index in [0.29, 0.717) is 16.1 Å². The molecule has 0 saturated heterocycles. The second kappa shape index (κ2) is 8.31. The normalized spacial score (nSPS) is 19.6. The van der Waals surface area contributed by atoms with Crippen LogP contribution in [0.5, 0.6) is 0 Å². The Kier molecular flexibility index (Phi) is 6.03. The van der Waals surface area contributed by atoms with Crippen molar-refractivity contribution in [3.05, 3.63) is 76.9 Å². The van der Waals surface area contributed by atoms with E-state index < -0.39 is 6.43 Å². The van der Waals surface area contributed by atoms with Crippen molar-refractivity contribution in [3.63, 3.8) is 0 Å². The van der Waals surface area contributed by atoms with Crippen LogP contribution in [0, 0.1) is 5.92 Å². The molecule has 0 fully saturated rings. The van der Waals surface area contributed by atoms with Crippen molar-refractivity contribution in [1.82, 2.24) is 0 Å². The summed E-state index contributed by atoms with van der Waals surface area (Å²) in [5.41, 5.74) is 2.85. The van der Waals surface area contributed by atoms with Gasteiger partial charge in [0.25, 0.3) is 12.1 Å². The monoisotopic (exact) mass is 451 g/mol. The van der Waals surface area contributed by atoms with E-state index >= 15 is 0 Å². The minimum Gasteiger partial charge on any atom is -0.390 e. The number of hydrogen-bond donors (Lipinski definition) is 0. The fourth-order valence-corrected chi connectivity index (χ4v) is 3.71. The maximum absolute atomic E-state index is 13.3. The van der Waals surface area contributed by atoms with E-state index in [1.165, 1.54) is 24.4 Å². The topological polar surface area (TPSA) is 29.4 Å². The zero-order valence-electron chi connectivity index (χ0n) is 15.4. The first-order chi connectivity index (χ1) is 13.3. The Morgan fingerprint density at radius 1 is 1.43 bits per heavy atom. The standard InChI is InChI=1S/C21H19BrF3N2O/c1-4-16(23)8-5-12(2)21-27(3)18(19(22)28-21)14-7-6-13-9-15(20(24)25)11-26-17(13)10-14/h4-8,10-11,13,20H,2,9H2,1,3H3/q+1. The first kappa shape index (κ1) is 20.3. The predicted molar refractivity (Wildman–Crippen MR) is 107 cm³/mol. The van der Waals surface area contributed by atoms with Crippen molar-refractivity contribution in [2.75, 3.05) is 0 Å². The van der Waals surface area contributed by atoms with Gasteiger partial charge >= 0.3 is 5.89 Å². The van der Waals surface area contributed by atoms with Crippen LogP contribution >= 0.6 is 15.9 Å². The number of nitrogens with zero attached hydrogens (tertiary/aromatic N) is 2. The summed E-state index contributed by atoms with van der Waals surface area (Å²) in [6.07, 6.45) is 8.83. The number of oxazole rings is 1. The SMILES string of the molecule is C=C(C=CC(F)=CC)c1oc(Br)c(C2=CC3=NC=C(C(F)F)CC3C=C2)[n+]1C. The Labute approximate surface area is 169 Å². The molecule has 1 atom stereocenters. The highest BCUT2D eigenvalue weighted by Gasteiger charge is 2.31. The average Bonchev–Trinajstić information content (AvgIpc) is 2.99. The van der Waals surface area contributed by atoms with Gasteiger partial charge < -0.3 is 4.42 Å². The molecule has 28 heavy (non-hydrogen) atoms. The second-order valence-corrected chi connectivity index (χ2v) is 7.17. The van der Waals surface area contributed by atoms with Crippen LogP contribution < -0.4 is 4.57 Å². The van der Waals surface area contributed by atoms with Crippen LogP contribution in [0.1, 0.15) is 24.9 Å². The van der Waals surface area contributed by atoms with Crippen LogP contribution in [0.15, 0.2) is 74.7 Å². The maximum Gasteiger partial charge on any atom is 0.381 e. The average molecular weight is 452 g/mol. The van der Waals surface area contributed by atoms with Crippen LogP contribution in [-0.4, -0.2) is 12.1 Å². The van der Waals surface area contributed by atoms with Crippen LogP contribution in [0.4, 0.5) is 13.2 Å². The van der Waals surface area contributed by atoms with Crippen molar-refractivity contribution >= 4 is 32.8 Å². The van der Waals surface area contributed by atoms with Crippen molar-refractivity contribution in [1.29, 1.82) is 0 Å². The summed E-state index contributed by atoms with van der Waals surface area (Å²) in [5, 5.41) is 0. The van der Waals surface area contributed by atoms with Gasteiger partial charge in [0.2, 0.25) is 4.67 Å². The largest absolute Gasteiger partial charge is 0.390 e. The molecule has 1 aromatic heterocycles. The number of allylic oxidation sites excluding steroid dienone is 10. The third-order valence-electron chi connectivity index (χ3n) is 4.59. The molecule has 3 rings (SSSR count). The van der Waals surface area contributed by atoms with Crippen molar-refractivity contribution in [3.8, 4) is 0 Å². The molecule has 0 saturated carbocycles. The minimum atomic E-state index is -2.49. The molecule has 0 aromatic carbocycles. The Hall–Kier alpha value is -2.41. The van der Waals surface area contributed by atoms with Crippen LogP contribution in [0.2, 0.25) is 0 Å². The van der Waals surface area contributed by atoms with Gasteiger partial charge in [-0.3, -0.25) is 4.99 Å². The third kappa shape index (κ3) is 4.04. The van der Waals surface area contributed by atoms with Gasteiger partial charge in [0.05, 0.1) is 11.1 Å². The first-order valence-corrected chi connectivity index (χ1v) is 9.43. The fourth-order valence-electron chi connectivity index (χ4n) is 3.07. The van der Waals surface area contributed by atoms with E-state index in [1.807, 2.05) is 25.3 Å². The molecule has 1 aromatic rings. The van der Waals surface area contributed by atoms with Gasteiger partial charge in [0, 0.05) is 23.4 Å². The van der Waals surface area contributed by atoms with Crippen LogP contribution in [0.3, 0.4) is 0 Å². The van der Waals surface area contributed by atoms with E-state index in [9.17, 15) is 13.2 Å². The van der Waals surface area contributed by atoms with Gasteiger partial charge in [-0.25, -0.2) is 13.2 Å². The Morgan fingerprint density at radius 2 is 2.18 bits per heavy atom. The van der Waals surface area contributed by atoms with E-state index in [-0.39, 0.29) is 23.7 Å². The van der Waals surface area contributed by atoms with Gasteiger partial charge in [-0.15, -0.1) is 0 Å². The molecule has 0 spiro atoms. The summed E-state index contributed by atoms with van der Waals surface area (Å²) in [6.45, 7) is 5.53. The lowest BCUT2D eigenvalue weighted by atomic mass is 9.87. The number of hydrogen-bond acceptors (Lipinski definition) is 2. The quantitative estimate of drug-likeness (QED) is 0.406. The summed E-state index contributed by atoms with van der Waals surface area (Å²) >= 11 is 3.42. The van der Waals surface area contributed by atoms with E-state index in [0.717, 1.165) is 17.0 Å². The predicted octanol–water partition coefficient (Wildman–Crippen LogP) is 5.87. The number of aromatic nitrogens is 1. The summed E-state index contributed by atoms with van der Waals surface area (Å²) < 4.78 is 47.2. The number of alkyl halides is 2. The van der Waals surface area contributed by atoms with E-state index in [1.54, 1.807) is 11.5 Å². The molecule has 2 aliphatic rings. The highest BCUT2D eigenvalue weighted by atomic mass is 79.9. The minimum absolute atomic E-state index is 0.0454. The number of rotatable bonds is 5. The Bertz CT molecular complexity index is 994. The molecule has 2 heterocycles. The van der Waals surface area contributed by atoms with Crippen LogP contribution in [0.25, 0.3) is 11.1 Å². The van der Waals surface area contributed by atoms with Gasteiger partial charge in [-0.2, -0.15) is 4.57 Å². The summed E-state index contributed by atoms with van der Waals surface area (Å²) in [4.78, 5) is 4.20. The van der Waals surface area contributed by atoms with E-state index in [4.69, 9.17) is 4.42 Å². The Morgan fingerprint density at radius 3 is 2.86 bits per heavy atom. The summed E-state index contributed by atoms with van der Waals surface area (Å²) in [5.74, 6) is -0.0658. The molecule has 1 unspecified atom stereocenters. The smallest absolute Gasteiger partial charge is 0.381 e. The molecule has 0 radical (unpaired) electrons. The van der Waals surface area contributed by atoms with Crippen molar-refractivity contribution in [2.45, 2.75) is 19.8 Å². The van der Waals surface area contributed by atoms with Crippen LogP contribution in [-0.2, 0) is 7.05 Å². The zero-order valence-corrected chi connectivity index (χ0v) is 17.0. The van der Waals surface area contributed by atoms with Crippen molar-refractivity contribution in [2.24, 2.45) is 18.0 Å². The molecule has 0 amide bonds. The number of halogens is 4. The first-order valence-electron chi connectivity index (χ1n) is 8.64. The molecule has 146 valence electrons. The highest BCUT2D eigenvalue weighted by molar-refractivity contribution is 9.10. The number of aliphatic imine (C=N–C) groups is 1. The lowest BCUT2D eigenvalue weighted by Gasteiger charge is -2.21. The van der Waals surface area contributed by atoms with Gasteiger partial charge in [0.1, 0.15) is 12.9 Å². The second-order valence-electron chi connectivity index (χ2n) is 6.45. The summed E-state index contributed by atoms with van der Waals surface area (Å²) in [6, 6.07) is 0. The lowest BCUT2D eigenvalue weighted by molar-refractivity contribution is -0.679. The van der Waals surface area contributed by atoms with E-state index in [2.05, 4.69) is 27.5 Å². The molecule has 0 bridgehead atoms. The highest BCUT2D eigenvalue weighted by Crippen LogP contribution is 2.33. The molecule has 0 N–H and O–H groups in total.